The molecule has 2 aromatic rings. The van der Waals surface area contributed by atoms with E-state index in [0.717, 1.165) is 16.7 Å². The van der Waals surface area contributed by atoms with Crippen molar-refractivity contribution in [1.82, 2.24) is 4.98 Å². The summed E-state index contributed by atoms with van der Waals surface area (Å²) in [5.74, 6) is 0. The van der Waals surface area contributed by atoms with Gasteiger partial charge >= 0.3 is 6.09 Å². The number of primary amides is 1. The number of amides is 1. The lowest BCUT2D eigenvalue weighted by Crippen LogP contribution is -2.12. The summed E-state index contributed by atoms with van der Waals surface area (Å²) < 4.78 is 4.72. The summed E-state index contributed by atoms with van der Waals surface area (Å²) in [5, 5.41) is 0. The van der Waals surface area contributed by atoms with Gasteiger partial charge in [-0.25, -0.2) is 4.79 Å². The van der Waals surface area contributed by atoms with E-state index in [1.807, 2.05) is 36.4 Å². The van der Waals surface area contributed by atoms with E-state index < -0.39 is 6.09 Å². The zero-order chi connectivity index (χ0) is 12.1. The lowest BCUT2D eigenvalue weighted by molar-refractivity contribution is 0.150. The van der Waals surface area contributed by atoms with Crippen LogP contribution in [0.1, 0.15) is 5.56 Å². The molecule has 1 aromatic carbocycles. The molecule has 0 unspecified atom stereocenters. The molecule has 0 aliphatic heterocycles. The summed E-state index contributed by atoms with van der Waals surface area (Å²) in [7, 11) is 0. The smallest absolute Gasteiger partial charge is 0.404 e. The zero-order valence-corrected chi connectivity index (χ0v) is 9.17. The van der Waals surface area contributed by atoms with Gasteiger partial charge in [0.2, 0.25) is 0 Å². The van der Waals surface area contributed by atoms with Gasteiger partial charge in [0, 0.05) is 23.5 Å². The molecule has 0 saturated carbocycles. The zero-order valence-electron chi connectivity index (χ0n) is 9.17. The molecule has 1 aromatic heterocycles. The van der Waals surface area contributed by atoms with Crippen LogP contribution in [0, 0.1) is 0 Å². The molecule has 86 valence electrons. The van der Waals surface area contributed by atoms with Crippen LogP contribution < -0.4 is 5.73 Å². The summed E-state index contributed by atoms with van der Waals surface area (Å²) in [6, 6.07) is 11.8. The number of ether oxygens (including phenoxy) is 1. The fourth-order valence-electron chi connectivity index (χ4n) is 1.51. The molecule has 0 atom stereocenters. The quantitative estimate of drug-likeness (QED) is 0.876. The molecule has 4 nitrogen and oxygen atoms in total. The number of carbonyl (C=O) groups is 1. The number of nitrogens with zero attached hydrogens (tertiary/aromatic N) is 1. The van der Waals surface area contributed by atoms with Gasteiger partial charge in [-0.1, -0.05) is 30.3 Å². The van der Waals surface area contributed by atoms with Gasteiger partial charge in [-0.15, -0.1) is 0 Å². The molecule has 1 heterocycles. The van der Waals surface area contributed by atoms with Crippen LogP contribution >= 0.6 is 0 Å². The lowest BCUT2D eigenvalue weighted by Gasteiger charge is -2.04. The van der Waals surface area contributed by atoms with Gasteiger partial charge in [-0.05, 0) is 11.6 Å². The molecule has 2 rings (SSSR count). The predicted octanol–water partition coefficient (Wildman–Crippen LogP) is 2.34. The number of benzene rings is 1. The highest BCUT2D eigenvalue weighted by atomic mass is 16.5. The van der Waals surface area contributed by atoms with Crippen LogP contribution in [-0.2, 0) is 11.3 Å². The summed E-state index contributed by atoms with van der Waals surface area (Å²) in [6.45, 7) is 0.142. The average molecular weight is 228 g/mol. The van der Waals surface area contributed by atoms with Crippen LogP contribution in [0.3, 0.4) is 0 Å². The second-order valence-electron chi connectivity index (χ2n) is 3.56. The second kappa shape index (κ2) is 5.12. The van der Waals surface area contributed by atoms with E-state index in [2.05, 4.69) is 4.98 Å². The number of rotatable bonds is 3. The van der Waals surface area contributed by atoms with E-state index in [1.165, 1.54) is 0 Å². The van der Waals surface area contributed by atoms with Crippen molar-refractivity contribution in [1.29, 1.82) is 0 Å². The molecule has 0 aliphatic rings. The molecule has 0 spiro atoms. The summed E-state index contributed by atoms with van der Waals surface area (Å²) >= 11 is 0. The van der Waals surface area contributed by atoms with Gasteiger partial charge in [0.15, 0.2) is 0 Å². The standard InChI is InChI=1S/C13H12N2O2/c14-13(16)17-9-10-6-12(8-15-7-10)11-4-2-1-3-5-11/h1-8H,9H2,(H2,14,16). The molecule has 0 bridgehead atoms. The Bertz CT molecular complexity index is 512. The van der Waals surface area contributed by atoms with Crippen molar-refractivity contribution in [3.8, 4) is 11.1 Å². The maximum absolute atomic E-state index is 10.5. The van der Waals surface area contributed by atoms with Crippen LogP contribution in [0.25, 0.3) is 11.1 Å². The molecular formula is C13H12N2O2. The Morgan fingerprint density at radius 1 is 1.18 bits per heavy atom. The fourth-order valence-corrected chi connectivity index (χ4v) is 1.51. The predicted molar refractivity (Wildman–Crippen MR) is 64.0 cm³/mol. The van der Waals surface area contributed by atoms with Gasteiger partial charge in [0.05, 0.1) is 0 Å². The SMILES string of the molecule is NC(=O)OCc1cncc(-c2ccccc2)c1. The van der Waals surface area contributed by atoms with Crippen molar-refractivity contribution in [3.63, 3.8) is 0 Å². The molecule has 1 amide bonds. The van der Waals surface area contributed by atoms with E-state index in [9.17, 15) is 4.79 Å². The van der Waals surface area contributed by atoms with Crippen LogP contribution in [0.5, 0.6) is 0 Å². The highest BCUT2D eigenvalue weighted by molar-refractivity contribution is 5.65. The summed E-state index contributed by atoms with van der Waals surface area (Å²) in [4.78, 5) is 14.6. The van der Waals surface area contributed by atoms with E-state index >= 15 is 0 Å². The first-order valence-electron chi connectivity index (χ1n) is 5.17. The number of nitrogens with two attached hydrogens (primary N) is 1. The van der Waals surface area contributed by atoms with E-state index in [-0.39, 0.29) is 6.61 Å². The first-order valence-corrected chi connectivity index (χ1v) is 5.17. The van der Waals surface area contributed by atoms with Crippen molar-refractivity contribution in [3.05, 3.63) is 54.4 Å². The Kier molecular flexibility index (Phi) is 3.35. The van der Waals surface area contributed by atoms with Gasteiger partial charge in [-0.3, -0.25) is 4.98 Å². The average Bonchev–Trinajstić information content (AvgIpc) is 2.38. The summed E-state index contributed by atoms with van der Waals surface area (Å²) in [5.41, 5.74) is 7.77. The van der Waals surface area contributed by atoms with Gasteiger partial charge in [-0.2, -0.15) is 0 Å². The highest BCUT2D eigenvalue weighted by Gasteiger charge is 2.01. The molecule has 0 radical (unpaired) electrons. The van der Waals surface area contributed by atoms with E-state index in [0.29, 0.717) is 0 Å². The Morgan fingerprint density at radius 2 is 1.94 bits per heavy atom. The molecule has 0 saturated heterocycles. The molecule has 0 aliphatic carbocycles. The number of aromatic nitrogens is 1. The minimum atomic E-state index is -0.782. The van der Waals surface area contributed by atoms with Crippen LogP contribution in [0.2, 0.25) is 0 Å². The largest absolute Gasteiger partial charge is 0.445 e. The molecule has 17 heavy (non-hydrogen) atoms. The van der Waals surface area contributed by atoms with E-state index in [4.69, 9.17) is 10.5 Å². The molecular weight excluding hydrogens is 216 g/mol. The molecule has 4 heteroatoms. The van der Waals surface area contributed by atoms with Crippen molar-refractivity contribution >= 4 is 6.09 Å². The third kappa shape index (κ3) is 3.04. The normalized spacial score (nSPS) is 9.88. The van der Waals surface area contributed by atoms with Crippen molar-refractivity contribution in [2.75, 3.05) is 0 Å². The second-order valence-corrected chi connectivity index (χ2v) is 3.56. The maximum atomic E-state index is 10.5. The van der Waals surface area contributed by atoms with Crippen molar-refractivity contribution in [2.45, 2.75) is 6.61 Å². The van der Waals surface area contributed by atoms with Crippen LogP contribution in [0.4, 0.5) is 4.79 Å². The highest BCUT2D eigenvalue weighted by Crippen LogP contribution is 2.18. The topological polar surface area (TPSA) is 65.2 Å². The van der Waals surface area contributed by atoms with Crippen molar-refractivity contribution in [2.24, 2.45) is 5.73 Å². The Balaban J connectivity index is 2.20. The number of pyridine rings is 1. The number of hydrogen-bond acceptors (Lipinski definition) is 3. The molecule has 0 fully saturated rings. The van der Waals surface area contributed by atoms with Gasteiger partial charge in [0.1, 0.15) is 6.61 Å². The maximum Gasteiger partial charge on any atom is 0.404 e. The lowest BCUT2D eigenvalue weighted by atomic mass is 10.1. The minimum Gasteiger partial charge on any atom is -0.445 e. The molecule has 2 N–H and O–H groups in total. The third-order valence-corrected chi connectivity index (χ3v) is 2.28. The monoisotopic (exact) mass is 228 g/mol. The summed E-state index contributed by atoms with van der Waals surface area (Å²) in [6.07, 6.45) is 2.63. The third-order valence-electron chi connectivity index (χ3n) is 2.28. The first kappa shape index (κ1) is 11.1. The number of carbonyl (C=O) groups excluding carboxylic acids is 1. The van der Waals surface area contributed by atoms with Gasteiger partial charge in [0.25, 0.3) is 0 Å². The Labute approximate surface area is 99.1 Å². The van der Waals surface area contributed by atoms with Crippen molar-refractivity contribution < 1.29 is 9.53 Å². The van der Waals surface area contributed by atoms with Crippen LogP contribution in [0.15, 0.2) is 48.8 Å². The first-order chi connectivity index (χ1) is 8.25. The van der Waals surface area contributed by atoms with Gasteiger partial charge < -0.3 is 10.5 Å². The fraction of sp³-hybridized carbons (Fsp3) is 0.0769. The van der Waals surface area contributed by atoms with E-state index in [1.54, 1.807) is 12.4 Å². The Morgan fingerprint density at radius 3 is 2.65 bits per heavy atom. The minimum absolute atomic E-state index is 0.142. The Hall–Kier alpha value is -2.36. The van der Waals surface area contributed by atoms with Crippen LogP contribution in [-0.4, -0.2) is 11.1 Å². The number of hydrogen-bond donors (Lipinski definition) is 1.